The molecule has 0 aliphatic rings. The maximum Gasteiger partial charge on any atom is 0.0619 e. The van der Waals surface area contributed by atoms with Gasteiger partial charge in [0, 0.05) is 56.0 Å². The summed E-state index contributed by atoms with van der Waals surface area (Å²) in [6, 6.07) is 59.6. The third kappa shape index (κ3) is 6.27. The number of H-pyrrole nitrogens is 1. The summed E-state index contributed by atoms with van der Waals surface area (Å²) in [7, 11) is 0. The van der Waals surface area contributed by atoms with Crippen molar-refractivity contribution in [3.8, 4) is 5.69 Å². The van der Waals surface area contributed by atoms with Crippen LogP contribution in [0.1, 0.15) is 0 Å². The predicted octanol–water partition coefficient (Wildman–Crippen LogP) is 14.2. The maximum absolute atomic E-state index is 3.62. The van der Waals surface area contributed by atoms with E-state index in [9.17, 15) is 0 Å². The quantitative estimate of drug-likeness (QED) is 0.159. The van der Waals surface area contributed by atoms with Crippen LogP contribution in [-0.2, 0) is 0 Å². The zero-order chi connectivity index (χ0) is 33.3. The number of benzene rings is 8. The topological polar surface area (TPSA) is 20.7 Å². The number of aromatic nitrogens is 2. The maximum atomic E-state index is 3.62. The molecule has 0 radical (unpaired) electrons. The second kappa shape index (κ2) is 13.8. The van der Waals surface area contributed by atoms with Crippen LogP contribution in [0.4, 0.5) is 0 Å². The molecular formula is C44H29Br2IN2. The first-order valence-electron chi connectivity index (χ1n) is 16.0. The molecule has 0 unspecified atom stereocenters. The van der Waals surface area contributed by atoms with Crippen molar-refractivity contribution in [2.24, 2.45) is 0 Å². The molecule has 2 heterocycles. The van der Waals surface area contributed by atoms with Crippen LogP contribution in [0.3, 0.4) is 0 Å². The lowest BCUT2D eigenvalue weighted by atomic mass is 10.1. The molecule has 0 fully saturated rings. The van der Waals surface area contributed by atoms with Crippen molar-refractivity contribution < 1.29 is 0 Å². The van der Waals surface area contributed by atoms with Crippen LogP contribution in [0.2, 0.25) is 0 Å². The van der Waals surface area contributed by atoms with E-state index in [1.165, 1.54) is 74.4 Å². The van der Waals surface area contributed by atoms with Gasteiger partial charge in [0.05, 0.1) is 16.6 Å². The molecule has 2 aromatic heterocycles. The third-order valence-corrected chi connectivity index (χ3v) is 10.5. The first kappa shape index (κ1) is 31.8. The van der Waals surface area contributed by atoms with E-state index >= 15 is 0 Å². The summed E-state index contributed by atoms with van der Waals surface area (Å²) in [6.45, 7) is 0. The summed E-state index contributed by atoms with van der Waals surface area (Å²) in [5.74, 6) is 0. The summed E-state index contributed by atoms with van der Waals surface area (Å²) in [5, 5.41) is 10.2. The van der Waals surface area contributed by atoms with Gasteiger partial charge in [-0.05, 0) is 94.0 Å². The average Bonchev–Trinajstić information content (AvgIpc) is 3.68. The van der Waals surface area contributed by atoms with Crippen LogP contribution >= 0.6 is 54.5 Å². The number of nitrogens with one attached hydrogen (secondary N) is 1. The van der Waals surface area contributed by atoms with Gasteiger partial charge in [-0.1, -0.05) is 141 Å². The van der Waals surface area contributed by atoms with Gasteiger partial charge in [0.25, 0.3) is 0 Å². The van der Waals surface area contributed by atoms with Gasteiger partial charge in [0.1, 0.15) is 0 Å². The van der Waals surface area contributed by atoms with Gasteiger partial charge in [-0.15, -0.1) is 0 Å². The van der Waals surface area contributed by atoms with Gasteiger partial charge in [0.2, 0.25) is 0 Å². The van der Waals surface area contributed by atoms with E-state index in [2.05, 4.69) is 216 Å². The SMILES string of the molecule is Brc1ccc2[nH]c3c4ccccc4ccc3c2c1.Brc1ccc2c(c1)c1ccc3ccccc3c1n2-c1ccccc1.Ic1ccccc1. The Labute approximate surface area is 314 Å². The highest BCUT2D eigenvalue weighted by Gasteiger charge is 2.15. The molecule has 236 valence electrons. The van der Waals surface area contributed by atoms with Crippen molar-refractivity contribution in [3.05, 3.63) is 182 Å². The van der Waals surface area contributed by atoms with Crippen LogP contribution in [0.25, 0.3) is 70.8 Å². The first-order chi connectivity index (χ1) is 24.0. The smallest absolute Gasteiger partial charge is 0.0619 e. The Balaban J connectivity index is 0.000000122. The fourth-order valence-electron chi connectivity index (χ4n) is 6.63. The predicted molar refractivity (Wildman–Crippen MR) is 226 cm³/mol. The van der Waals surface area contributed by atoms with Crippen molar-refractivity contribution in [2.75, 3.05) is 0 Å². The number of nitrogens with zero attached hydrogens (tertiary/aromatic N) is 1. The van der Waals surface area contributed by atoms with Crippen LogP contribution in [-0.4, -0.2) is 9.55 Å². The Morgan fingerprint density at radius 1 is 0.449 bits per heavy atom. The van der Waals surface area contributed by atoms with E-state index in [1.807, 2.05) is 18.2 Å². The zero-order valence-electron chi connectivity index (χ0n) is 26.2. The lowest BCUT2D eigenvalue weighted by Crippen LogP contribution is -1.93. The van der Waals surface area contributed by atoms with Crippen molar-refractivity contribution >= 4 is 120 Å². The highest BCUT2D eigenvalue weighted by atomic mass is 127. The molecule has 0 amide bonds. The minimum absolute atomic E-state index is 1.11. The Morgan fingerprint density at radius 3 is 1.71 bits per heavy atom. The molecule has 10 rings (SSSR count). The molecule has 2 nitrogen and oxygen atoms in total. The van der Waals surface area contributed by atoms with Gasteiger partial charge in [0.15, 0.2) is 0 Å². The fraction of sp³-hybridized carbons (Fsp3) is 0. The van der Waals surface area contributed by atoms with E-state index in [0.717, 1.165) is 8.95 Å². The van der Waals surface area contributed by atoms with Crippen molar-refractivity contribution in [3.63, 3.8) is 0 Å². The Bertz CT molecular complexity index is 2750. The number of hydrogen-bond acceptors (Lipinski definition) is 0. The molecule has 10 aromatic rings. The molecule has 0 bridgehead atoms. The molecule has 0 aliphatic heterocycles. The number of hydrogen-bond donors (Lipinski definition) is 1. The number of rotatable bonds is 1. The summed E-state index contributed by atoms with van der Waals surface area (Å²) >= 11 is 9.44. The monoisotopic (exact) mass is 870 g/mol. The Kier molecular flexibility index (Phi) is 8.98. The van der Waals surface area contributed by atoms with Gasteiger partial charge in [-0.3, -0.25) is 0 Å². The molecule has 5 heteroatoms. The van der Waals surface area contributed by atoms with Crippen LogP contribution in [0.5, 0.6) is 0 Å². The van der Waals surface area contributed by atoms with Crippen molar-refractivity contribution in [1.82, 2.24) is 9.55 Å². The fourth-order valence-corrected chi connectivity index (χ4v) is 7.76. The minimum Gasteiger partial charge on any atom is -0.354 e. The molecule has 8 aromatic carbocycles. The molecule has 0 atom stereocenters. The largest absolute Gasteiger partial charge is 0.354 e. The Morgan fingerprint density at radius 2 is 1.02 bits per heavy atom. The second-order valence-electron chi connectivity index (χ2n) is 11.8. The van der Waals surface area contributed by atoms with Crippen LogP contribution in [0, 0.1) is 3.57 Å². The van der Waals surface area contributed by atoms with Crippen LogP contribution in [0.15, 0.2) is 179 Å². The van der Waals surface area contributed by atoms with Gasteiger partial charge >= 0.3 is 0 Å². The lowest BCUT2D eigenvalue weighted by Gasteiger charge is -2.09. The first-order valence-corrected chi connectivity index (χ1v) is 18.7. The van der Waals surface area contributed by atoms with E-state index in [-0.39, 0.29) is 0 Å². The van der Waals surface area contributed by atoms with Crippen molar-refractivity contribution in [2.45, 2.75) is 0 Å². The summed E-state index contributed by atoms with van der Waals surface area (Å²) in [6.07, 6.45) is 0. The second-order valence-corrected chi connectivity index (χ2v) is 14.9. The molecular weight excluding hydrogens is 843 g/mol. The number of aromatic amines is 1. The minimum atomic E-state index is 1.11. The third-order valence-electron chi connectivity index (χ3n) is 8.82. The van der Waals surface area contributed by atoms with E-state index < -0.39 is 0 Å². The molecule has 49 heavy (non-hydrogen) atoms. The molecule has 0 saturated carbocycles. The average molecular weight is 872 g/mol. The summed E-state index contributed by atoms with van der Waals surface area (Å²) in [4.78, 5) is 3.53. The van der Waals surface area contributed by atoms with Gasteiger partial charge in [-0.25, -0.2) is 0 Å². The highest BCUT2D eigenvalue weighted by molar-refractivity contribution is 14.1. The standard InChI is InChI=1S/C22H14BrN.C16H10BrN.C6H5I/c23-16-11-13-21-20(14-16)19-12-10-15-6-4-5-9-18(15)22(19)24(21)17-7-2-1-3-8-17;17-11-6-8-15-14(9-11)13-7-5-10-3-1-2-4-12(10)16(13)18-15;7-6-4-2-1-3-5-6/h1-14H;1-9,18H;1-5H. The van der Waals surface area contributed by atoms with E-state index in [1.54, 1.807) is 0 Å². The van der Waals surface area contributed by atoms with E-state index in [0.29, 0.717) is 0 Å². The molecule has 0 spiro atoms. The number of para-hydroxylation sites is 1. The lowest BCUT2D eigenvalue weighted by molar-refractivity contribution is 1.19. The zero-order valence-corrected chi connectivity index (χ0v) is 31.6. The molecule has 0 aliphatic carbocycles. The number of halogens is 3. The Hall–Kier alpha value is -4.43. The normalized spacial score (nSPS) is 11.2. The summed E-state index contributed by atoms with van der Waals surface area (Å²) in [5.41, 5.74) is 6.10. The summed E-state index contributed by atoms with van der Waals surface area (Å²) < 4.78 is 5.89. The van der Waals surface area contributed by atoms with Gasteiger partial charge < -0.3 is 9.55 Å². The van der Waals surface area contributed by atoms with Crippen LogP contribution < -0.4 is 0 Å². The van der Waals surface area contributed by atoms with Crippen molar-refractivity contribution in [1.29, 1.82) is 0 Å². The van der Waals surface area contributed by atoms with E-state index in [4.69, 9.17) is 0 Å². The van der Waals surface area contributed by atoms with Gasteiger partial charge in [-0.2, -0.15) is 0 Å². The molecule has 0 saturated heterocycles. The number of fused-ring (bicyclic) bond motifs is 10. The molecule has 1 N–H and O–H groups in total. The highest BCUT2D eigenvalue weighted by Crippen LogP contribution is 2.37.